The van der Waals surface area contributed by atoms with Crippen LogP contribution in [0.2, 0.25) is 0 Å². The Morgan fingerprint density at radius 3 is 2.86 bits per heavy atom. The molecule has 0 N–H and O–H groups in total. The van der Waals surface area contributed by atoms with E-state index >= 15 is 0 Å². The van der Waals surface area contributed by atoms with Crippen molar-refractivity contribution >= 4 is 11.8 Å². The van der Waals surface area contributed by atoms with Crippen LogP contribution in [-0.4, -0.2) is 51.3 Å². The maximum Gasteiger partial charge on any atom is 0.272 e. The number of amides is 2. The Kier molecular flexibility index (Phi) is 4.15. The van der Waals surface area contributed by atoms with Crippen molar-refractivity contribution in [1.82, 2.24) is 19.7 Å². The molecular formula is C15H22N4O3. The molecule has 0 radical (unpaired) electrons. The van der Waals surface area contributed by atoms with Gasteiger partial charge in [-0.1, -0.05) is 13.8 Å². The summed E-state index contributed by atoms with van der Waals surface area (Å²) in [4.78, 5) is 32.3. The molecule has 1 atom stereocenters. The third kappa shape index (κ3) is 2.72. The summed E-state index contributed by atoms with van der Waals surface area (Å²) in [6.45, 7) is 5.77. The van der Waals surface area contributed by atoms with Gasteiger partial charge < -0.3 is 4.90 Å². The minimum Gasteiger partial charge on any atom is -0.334 e. The van der Waals surface area contributed by atoms with Crippen molar-refractivity contribution in [1.29, 1.82) is 0 Å². The van der Waals surface area contributed by atoms with Gasteiger partial charge in [0.2, 0.25) is 5.91 Å². The van der Waals surface area contributed by atoms with E-state index in [-0.39, 0.29) is 17.7 Å². The molecule has 1 saturated heterocycles. The van der Waals surface area contributed by atoms with E-state index in [0.29, 0.717) is 26.2 Å². The largest absolute Gasteiger partial charge is 0.334 e. The van der Waals surface area contributed by atoms with Gasteiger partial charge in [0.1, 0.15) is 0 Å². The monoisotopic (exact) mass is 306 g/mol. The third-order valence-corrected chi connectivity index (χ3v) is 4.13. The minimum atomic E-state index is -0.500. The van der Waals surface area contributed by atoms with Crippen molar-refractivity contribution in [2.75, 3.05) is 19.7 Å². The Balaban J connectivity index is 1.83. The van der Waals surface area contributed by atoms with Crippen molar-refractivity contribution in [3.8, 4) is 0 Å². The van der Waals surface area contributed by atoms with Gasteiger partial charge in [-0.25, -0.2) is 5.06 Å². The van der Waals surface area contributed by atoms with Crippen LogP contribution in [-0.2, 0) is 21.0 Å². The van der Waals surface area contributed by atoms with E-state index in [2.05, 4.69) is 5.10 Å². The molecule has 120 valence electrons. The van der Waals surface area contributed by atoms with Gasteiger partial charge in [0, 0.05) is 18.7 Å². The number of rotatable bonds is 2. The summed E-state index contributed by atoms with van der Waals surface area (Å²) in [6, 6.07) is 1.36. The number of hydroxylamine groups is 2. The second-order valence-corrected chi connectivity index (χ2v) is 6.14. The quantitative estimate of drug-likeness (QED) is 0.817. The fourth-order valence-electron chi connectivity index (χ4n) is 2.95. The molecule has 7 nitrogen and oxygen atoms in total. The normalized spacial score (nSPS) is 21.9. The molecule has 0 aromatic carbocycles. The Hall–Kier alpha value is -1.89. The summed E-state index contributed by atoms with van der Waals surface area (Å²) in [5, 5.41) is 5.70. The predicted octanol–water partition coefficient (Wildman–Crippen LogP) is 0.976. The zero-order valence-corrected chi connectivity index (χ0v) is 13.1. The number of hydrogen-bond acceptors (Lipinski definition) is 4. The van der Waals surface area contributed by atoms with Crippen molar-refractivity contribution in [2.45, 2.75) is 39.3 Å². The number of nitrogens with zero attached hydrogens (tertiary/aromatic N) is 4. The van der Waals surface area contributed by atoms with E-state index in [1.807, 2.05) is 19.9 Å². The summed E-state index contributed by atoms with van der Waals surface area (Å²) >= 11 is 0. The first kappa shape index (κ1) is 15.0. The lowest BCUT2D eigenvalue weighted by molar-refractivity contribution is -0.201. The Bertz CT molecular complexity index is 563. The van der Waals surface area contributed by atoms with Crippen LogP contribution in [0.4, 0.5) is 0 Å². The average molecular weight is 306 g/mol. The first-order valence-corrected chi connectivity index (χ1v) is 7.83. The SMILES string of the molecule is CC(C)C(=O)N1Cc2ccnn2C(C(=O)N2CCCCO2)C1. The Morgan fingerprint density at radius 2 is 2.18 bits per heavy atom. The lowest BCUT2D eigenvalue weighted by atomic mass is 10.1. The molecule has 1 aromatic heterocycles. The van der Waals surface area contributed by atoms with Crippen LogP contribution in [0, 0.1) is 5.92 Å². The van der Waals surface area contributed by atoms with Gasteiger partial charge >= 0.3 is 0 Å². The lowest BCUT2D eigenvalue weighted by Crippen LogP contribution is -2.49. The highest BCUT2D eigenvalue weighted by molar-refractivity contribution is 5.83. The molecule has 2 amide bonds. The molecule has 1 fully saturated rings. The summed E-state index contributed by atoms with van der Waals surface area (Å²) < 4.78 is 1.73. The van der Waals surface area contributed by atoms with Gasteiger partial charge in [-0.15, -0.1) is 0 Å². The number of fused-ring (bicyclic) bond motifs is 1. The average Bonchev–Trinajstić information content (AvgIpc) is 3.01. The molecule has 0 aliphatic carbocycles. The predicted molar refractivity (Wildman–Crippen MR) is 78.4 cm³/mol. The number of hydrogen-bond donors (Lipinski definition) is 0. The molecule has 0 saturated carbocycles. The van der Waals surface area contributed by atoms with Crippen molar-refractivity contribution in [3.05, 3.63) is 18.0 Å². The second-order valence-electron chi connectivity index (χ2n) is 6.14. The molecular weight excluding hydrogens is 284 g/mol. The topological polar surface area (TPSA) is 67.7 Å². The van der Waals surface area contributed by atoms with E-state index in [1.165, 1.54) is 5.06 Å². The molecule has 7 heteroatoms. The van der Waals surface area contributed by atoms with Crippen molar-refractivity contribution in [3.63, 3.8) is 0 Å². The van der Waals surface area contributed by atoms with Crippen molar-refractivity contribution in [2.24, 2.45) is 5.92 Å². The molecule has 0 spiro atoms. The van der Waals surface area contributed by atoms with Gasteiger partial charge in [0.25, 0.3) is 5.91 Å². The highest BCUT2D eigenvalue weighted by Gasteiger charge is 2.36. The number of carbonyl (C=O) groups is 2. The first-order valence-electron chi connectivity index (χ1n) is 7.83. The van der Waals surface area contributed by atoms with E-state index in [4.69, 9.17) is 4.84 Å². The fourth-order valence-corrected chi connectivity index (χ4v) is 2.95. The third-order valence-electron chi connectivity index (χ3n) is 4.13. The van der Waals surface area contributed by atoms with E-state index in [0.717, 1.165) is 18.5 Å². The second kappa shape index (κ2) is 6.08. The zero-order valence-electron chi connectivity index (χ0n) is 13.1. The molecule has 3 heterocycles. The molecule has 1 aromatic rings. The summed E-state index contributed by atoms with van der Waals surface area (Å²) in [6.07, 6.45) is 3.59. The van der Waals surface area contributed by atoms with Crippen LogP contribution in [0.1, 0.15) is 38.4 Å². The molecule has 1 unspecified atom stereocenters. The van der Waals surface area contributed by atoms with Crippen LogP contribution in [0.25, 0.3) is 0 Å². The number of aromatic nitrogens is 2. The lowest BCUT2D eigenvalue weighted by Gasteiger charge is -2.36. The molecule has 3 rings (SSSR count). The van der Waals surface area contributed by atoms with Gasteiger partial charge in [0.05, 0.1) is 25.4 Å². The van der Waals surface area contributed by atoms with Crippen LogP contribution in [0.3, 0.4) is 0 Å². The Morgan fingerprint density at radius 1 is 1.36 bits per heavy atom. The molecule has 2 aliphatic rings. The van der Waals surface area contributed by atoms with Crippen molar-refractivity contribution < 1.29 is 14.4 Å². The highest BCUT2D eigenvalue weighted by atomic mass is 16.7. The van der Waals surface area contributed by atoms with E-state index < -0.39 is 6.04 Å². The summed E-state index contributed by atoms with van der Waals surface area (Å²) in [5.41, 5.74) is 0.885. The maximum absolute atomic E-state index is 12.8. The Labute approximate surface area is 129 Å². The smallest absolute Gasteiger partial charge is 0.272 e. The van der Waals surface area contributed by atoms with Crippen LogP contribution in [0.5, 0.6) is 0 Å². The first-order chi connectivity index (χ1) is 10.6. The summed E-state index contributed by atoms with van der Waals surface area (Å²) in [5.74, 6) is -0.146. The molecule has 2 aliphatic heterocycles. The van der Waals surface area contributed by atoms with E-state index in [9.17, 15) is 9.59 Å². The van der Waals surface area contributed by atoms with Gasteiger partial charge in [-0.2, -0.15) is 5.10 Å². The standard InChI is InChI=1S/C15H22N4O3/c1-11(2)14(20)17-9-12-5-6-16-19(12)13(10-17)15(21)18-7-3-4-8-22-18/h5-6,11,13H,3-4,7-10H2,1-2H3. The van der Waals surface area contributed by atoms with Gasteiger partial charge in [-0.3, -0.25) is 19.1 Å². The molecule has 22 heavy (non-hydrogen) atoms. The van der Waals surface area contributed by atoms with Crippen LogP contribution < -0.4 is 0 Å². The summed E-state index contributed by atoms with van der Waals surface area (Å²) in [7, 11) is 0. The van der Waals surface area contributed by atoms with Gasteiger partial charge in [0.15, 0.2) is 6.04 Å². The van der Waals surface area contributed by atoms with Gasteiger partial charge in [-0.05, 0) is 18.9 Å². The maximum atomic E-state index is 12.8. The minimum absolute atomic E-state index is 0.0600. The highest BCUT2D eigenvalue weighted by Crippen LogP contribution is 2.24. The molecule has 0 bridgehead atoms. The number of carbonyl (C=O) groups excluding carboxylic acids is 2. The van der Waals surface area contributed by atoms with Crippen LogP contribution in [0.15, 0.2) is 12.3 Å². The fraction of sp³-hybridized carbons (Fsp3) is 0.667. The van der Waals surface area contributed by atoms with Crippen LogP contribution >= 0.6 is 0 Å². The van der Waals surface area contributed by atoms with E-state index in [1.54, 1.807) is 15.8 Å². The zero-order chi connectivity index (χ0) is 15.7.